The molecule has 0 aliphatic carbocycles. The molecule has 5 nitrogen and oxygen atoms in total. The standard InChI is InChI=1S/C13H18BrN3O2/c1-10-8-17(7-5-15-10)13(19)4-6-16-9-11(14)2-3-12(16)18/h2-3,9-10,15H,4-8H2,1H3. The van der Waals surface area contributed by atoms with Crippen LogP contribution in [0.15, 0.2) is 27.6 Å². The van der Waals surface area contributed by atoms with Crippen LogP contribution in [0.4, 0.5) is 0 Å². The van der Waals surface area contributed by atoms with E-state index in [0.29, 0.717) is 19.0 Å². The zero-order valence-electron chi connectivity index (χ0n) is 10.9. The molecule has 1 saturated heterocycles. The van der Waals surface area contributed by atoms with Crippen LogP contribution in [0.5, 0.6) is 0 Å². The summed E-state index contributed by atoms with van der Waals surface area (Å²) in [6.07, 6.45) is 2.08. The molecule has 0 spiro atoms. The van der Waals surface area contributed by atoms with Gasteiger partial charge < -0.3 is 14.8 Å². The number of piperazine rings is 1. The van der Waals surface area contributed by atoms with E-state index in [4.69, 9.17) is 0 Å². The van der Waals surface area contributed by atoms with Gasteiger partial charge in [-0.2, -0.15) is 0 Å². The summed E-state index contributed by atoms with van der Waals surface area (Å²) in [4.78, 5) is 25.6. The van der Waals surface area contributed by atoms with Crippen molar-refractivity contribution in [2.45, 2.75) is 25.9 Å². The van der Waals surface area contributed by atoms with Gasteiger partial charge in [0.15, 0.2) is 0 Å². The molecule has 0 radical (unpaired) electrons. The van der Waals surface area contributed by atoms with Gasteiger partial charge in [0.1, 0.15) is 0 Å². The maximum atomic E-state index is 12.1. The van der Waals surface area contributed by atoms with Crippen molar-refractivity contribution in [3.8, 4) is 0 Å². The summed E-state index contributed by atoms with van der Waals surface area (Å²) in [5.74, 6) is 0.111. The lowest BCUT2D eigenvalue weighted by Gasteiger charge is -2.32. The van der Waals surface area contributed by atoms with Crippen molar-refractivity contribution in [3.05, 3.63) is 33.2 Å². The van der Waals surface area contributed by atoms with E-state index in [-0.39, 0.29) is 11.5 Å². The molecule has 6 heteroatoms. The Kier molecular flexibility index (Phi) is 4.76. The van der Waals surface area contributed by atoms with Crippen molar-refractivity contribution in [2.24, 2.45) is 0 Å². The van der Waals surface area contributed by atoms with Crippen molar-refractivity contribution in [1.29, 1.82) is 0 Å². The van der Waals surface area contributed by atoms with Crippen molar-refractivity contribution in [2.75, 3.05) is 19.6 Å². The first-order chi connectivity index (χ1) is 9.06. The molecule has 1 aromatic heterocycles. The summed E-state index contributed by atoms with van der Waals surface area (Å²) in [5.41, 5.74) is -0.0790. The van der Waals surface area contributed by atoms with Gasteiger partial charge in [-0.1, -0.05) is 0 Å². The van der Waals surface area contributed by atoms with E-state index >= 15 is 0 Å². The molecule has 1 fully saturated rings. The zero-order valence-corrected chi connectivity index (χ0v) is 12.5. The number of nitrogens with zero attached hydrogens (tertiary/aromatic N) is 2. The second-order valence-corrected chi connectivity index (χ2v) is 5.74. The summed E-state index contributed by atoms with van der Waals surface area (Å²) in [6.45, 7) is 4.82. The fourth-order valence-corrected chi connectivity index (χ4v) is 2.59. The average Bonchev–Trinajstić information content (AvgIpc) is 2.39. The monoisotopic (exact) mass is 327 g/mol. The van der Waals surface area contributed by atoms with Gasteiger partial charge in [0, 0.05) is 55.4 Å². The number of aromatic nitrogens is 1. The van der Waals surface area contributed by atoms with Crippen LogP contribution in [0.1, 0.15) is 13.3 Å². The molecular formula is C13H18BrN3O2. The maximum absolute atomic E-state index is 12.1. The Morgan fingerprint density at radius 3 is 3.05 bits per heavy atom. The molecule has 1 aliphatic rings. The van der Waals surface area contributed by atoms with E-state index in [1.807, 2.05) is 4.90 Å². The summed E-state index contributed by atoms with van der Waals surface area (Å²) in [5, 5.41) is 3.30. The van der Waals surface area contributed by atoms with Gasteiger partial charge in [-0.15, -0.1) is 0 Å². The molecule has 104 valence electrons. The number of hydrogen-bond donors (Lipinski definition) is 1. The average molecular weight is 328 g/mol. The first-order valence-electron chi connectivity index (χ1n) is 6.43. The van der Waals surface area contributed by atoms with Crippen molar-refractivity contribution in [1.82, 2.24) is 14.8 Å². The van der Waals surface area contributed by atoms with E-state index in [1.165, 1.54) is 6.07 Å². The lowest BCUT2D eigenvalue weighted by atomic mass is 10.2. The minimum Gasteiger partial charge on any atom is -0.340 e. The third-order valence-corrected chi connectivity index (χ3v) is 3.70. The summed E-state index contributed by atoms with van der Waals surface area (Å²) >= 11 is 3.32. The Morgan fingerprint density at radius 2 is 2.32 bits per heavy atom. The van der Waals surface area contributed by atoms with E-state index in [9.17, 15) is 9.59 Å². The highest BCUT2D eigenvalue weighted by Gasteiger charge is 2.19. The summed E-state index contributed by atoms with van der Waals surface area (Å²) < 4.78 is 2.41. The molecule has 0 saturated carbocycles. The Morgan fingerprint density at radius 1 is 1.53 bits per heavy atom. The van der Waals surface area contributed by atoms with Gasteiger partial charge in [0.2, 0.25) is 5.91 Å². The lowest BCUT2D eigenvalue weighted by Crippen LogP contribution is -2.51. The van der Waals surface area contributed by atoms with Crippen molar-refractivity contribution < 1.29 is 4.79 Å². The first kappa shape index (κ1) is 14.3. The largest absolute Gasteiger partial charge is 0.340 e. The van der Waals surface area contributed by atoms with Gasteiger partial charge in [-0.05, 0) is 28.9 Å². The molecule has 2 heterocycles. The van der Waals surface area contributed by atoms with Crippen LogP contribution in [-0.4, -0.2) is 41.1 Å². The van der Waals surface area contributed by atoms with Crippen LogP contribution in [0.2, 0.25) is 0 Å². The quantitative estimate of drug-likeness (QED) is 0.894. The fraction of sp³-hybridized carbons (Fsp3) is 0.538. The number of rotatable bonds is 3. The molecule has 1 amide bonds. The molecule has 1 aromatic rings. The van der Waals surface area contributed by atoms with E-state index in [2.05, 4.69) is 28.2 Å². The van der Waals surface area contributed by atoms with Crippen molar-refractivity contribution >= 4 is 21.8 Å². The van der Waals surface area contributed by atoms with Gasteiger partial charge in [0.05, 0.1) is 0 Å². The maximum Gasteiger partial charge on any atom is 0.250 e. The molecule has 0 bridgehead atoms. The van der Waals surface area contributed by atoms with Crippen LogP contribution in [0.25, 0.3) is 0 Å². The smallest absolute Gasteiger partial charge is 0.250 e. The Balaban J connectivity index is 1.93. The highest BCUT2D eigenvalue weighted by molar-refractivity contribution is 9.10. The fourth-order valence-electron chi connectivity index (χ4n) is 2.21. The lowest BCUT2D eigenvalue weighted by molar-refractivity contribution is -0.132. The number of aryl methyl sites for hydroxylation is 1. The number of hydrogen-bond acceptors (Lipinski definition) is 3. The predicted octanol–water partition coefficient (Wildman–Crippen LogP) is 0.821. The molecule has 0 aromatic carbocycles. The van der Waals surface area contributed by atoms with Crippen LogP contribution in [0.3, 0.4) is 0 Å². The second-order valence-electron chi connectivity index (χ2n) is 4.82. The van der Waals surface area contributed by atoms with Gasteiger partial charge in [-0.3, -0.25) is 9.59 Å². The third-order valence-electron chi connectivity index (χ3n) is 3.24. The van der Waals surface area contributed by atoms with E-state index < -0.39 is 0 Å². The molecule has 2 rings (SSSR count). The SMILES string of the molecule is CC1CN(C(=O)CCn2cc(Br)ccc2=O)CCN1. The Bertz CT molecular complexity index is 515. The summed E-state index contributed by atoms with van der Waals surface area (Å²) in [6, 6.07) is 3.55. The number of carbonyl (C=O) groups is 1. The minimum absolute atomic E-state index is 0.0790. The summed E-state index contributed by atoms with van der Waals surface area (Å²) in [7, 11) is 0. The van der Waals surface area contributed by atoms with Crippen LogP contribution < -0.4 is 10.9 Å². The zero-order chi connectivity index (χ0) is 13.8. The Labute approximate surface area is 120 Å². The number of carbonyl (C=O) groups excluding carboxylic acids is 1. The normalized spacial score (nSPS) is 19.5. The number of halogens is 1. The van der Waals surface area contributed by atoms with E-state index in [1.54, 1.807) is 16.8 Å². The van der Waals surface area contributed by atoms with Crippen LogP contribution >= 0.6 is 15.9 Å². The third kappa shape index (κ3) is 3.91. The van der Waals surface area contributed by atoms with Crippen molar-refractivity contribution in [3.63, 3.8) is 0 Å². The molecule has 19 heavy (non-hydrogen) atoms. The Hall–Kier alpha value is -1.14. The molecule has 1 N–H and O–H groups in total. The molecule has 1 atom stereocenters. The van der Waals surface area contributed by atoms with Gasteiger partial charge in [0.25, 0.3) is 5.56 Å². The predicted molar refractivity (Wildman–Crippen MR) is 77.1 cm³/mol. The number of nitrogens with one attached hydrogen (secondary N) is 1. The second kappa shape index (κ2) is 6.34. The molecular weight excluding hydrogens is 310 g/mol. The number of pyridine rings is 1. The van der Waals surface area contributed by atoms with Crippen LogP contribution in [0, 0.1) is 0 Å². The van der Waals surface area contributed by atoms with Gasteiger partial charge >= 0.3 is 0 Å². The topological polar surface area (TPSA) is 54.3 Å². The first-order valence-corrected chi connectivity index (χ1v) is 7.23. The molecule has 1 aliphatic heterocycles. The molecule has 1 unspecified atom stereocenters. The van der Waals surface area contributed by atoms with Crippen LogP contribution in [-0.2, 0) is 11.3 Å². The highest BCUT2D eigenvalue weighted by atomic mass is 79.9. The number of amides is 1. The highest BCUT2D eigenvalue weighted by Crippen LogP contribution is 2.06. The van der Waals surface area contributed by atoms with E-state index in [0.717, 1.165) is 24.1 Å². The van der Waals surface area contributed by atoms with Gasteiger partial charge in [-0.25, -0.2) is 0 Å². The minimum atomic E-state index is -0.0790.